The number of aliphatic carboxylic acids is 1. The number of carboxylic acid groups (broad SMARTS) is 1. The zero-order chi connectivity index (χ0) is 20.7. The van der Waals surface area contributed by atoms with E-state index in [0.29, 0.717) is 17.6 Å². The van der Waals surface area contributed by atoms with Gasteiger partial charge < -0.3 is 19.6 Å². The van der Waals surface area contributed by atoms with E-state index in [9.17, 15) is 18.3 Å². The van der Waals surface area contributed by atoms with Crippen LogP contribution in [-0.4, -0.2) is 57.5 Å². The minimum absolute atomic E-state index is 0.0220. The minimum atomic E-state index is -5.08. The van der Waals surface area contributed by atoms with Crippen LogP contribution in [0.25, 0.3) is 11.4 Å². The number of benzene rings is 1. The van der Waals surface area contributed by atoms with Crippen LogP contribution in [0.3, 0.4) is 0 Å². The standard InChI is InChI=1S/C16H21N3O2.C2HF3O2/c1-19-7-5-12(6-8-19)10-15-17-16(18-21-15)14-4-2-3-13(9-14)11-20;3-2(4,5)1(6)7/h2-4,9,12,20H,5-8,10-11H2,1H3;(H,6,7). The minimum Gasteiger partial charge on any atom is -0.475 e. The average Bonchev–Trinajstić information content (AvgIpc) is 3.12. The van der Waals surface area contributed by atoms with Crippen molar-refractivity contribution in [2.24, 2.45) is 5.92 Å². The largest absolute Gasteiger partial charge is 0.490 e. The Balaban J connectivity index is 0.000000345. The molecule has 154 valence electrons. The van der Waals surface area contributed by atoms with E-state index in [1.807, 2.05) is 24.3 Å². The Kier molecular flexibility index (Phi) is 7.53. The highest BCUT2D eigenvalue weighted by Crippen LogP contribution is 2.22. The summed E-state index contributed by atoms with van der Waals surface area (Å²) in [7, 11) is 2.16. The number of alkyl halides is 3. The van der Waals surface area contributed by atoms with Crippen LogP contribution in [0, 0.1) is 5.92 Å². The molecule has 0 amide bonds. The van der Waals surface area contributed by atoms with Crippen molar-refractivity contribution in [3.05, 3.63) is 35.7 Å². The van der Waals surface area contributed by atoms with Crippen LogP contribution in [0.1, 0.15) is 24.3 Å². The van der Waals surface area contributed by atoms with Crippen molar-refractivity contribution in [3.63, 3.8) is 0 Å². The molecular weight excluding hydrogens is 379 g/mol. The molecule has 7 nitrogen and oxygen atoms in total. The number of aliphatic hydroxyl groups excluding tert-OH is 1. The Hall–Kier alpha value is -2.46. The summed E-state index contributed by atoms with van der Waals surface area (Å²) in [6.07, 6.45) is -1.84. The quantitative estimate of drug-likeness (QED) is 0.813. The first-order valence-electron chi connectivity index (χ1n) is 8.70. The first-order chi connectivity index (χ1) is 13.2. The van der Waals surface area contributed by atoms with Crippen LogP contribution < -0.4 is 0 Å². The van der Waals surface area contributed by atoms with Gasteiger partial charge >= 0.3 is 12.1 Å². The summed E-state index contributed by atoms with van der Waals surface area (Å²) in [5, 5.41) is 20.4. The van der Waals surface area contributed by atoms with E-state index in [2.05, 4.69) is 22.1 Å². The smallest absolute Gasteiger partial charge is 0.475 e. The average molecular weight is 401 g/mol. The second-order valence-electron chi connectivity index (χ2n) is 6.62. The highest BCUT2D eigenvalue weighted by molar-refractivity contribution is 5.73. The number of rotatable bonds is 4. The lowest BCUT2D eigenvalue weighted by Gasteiger charge is -2.27. The van der Waals surface area contributed by atoms with Gasteiger partial charge in [0.1, 0.15) is 0 Å². The van der Waals surface area contributed by atoms with Crippen LogP contribution in [0.5, 0.6) is 0 Å². The number of piperidine rings is 1. The molecular formula is C18H22F3N3O4. The number of aliphatic hydroxyl groups is 1. The second-order valence-corrected chi connectivity index (χ2v) is 6.62. The molecule has 0 atom stereocenters. The number of carbonyl (C=O) groups is 1. The molecule has 0 bridgehead atoms. The van der Waals surface area contributed by atoms with Gasteiger partial charge in [0, 0.05) is 12.0 Å². The first kappa shape index (κ1) is 21.8. The Morgan fingerprint density at radius 1 is 1.32 bits per heavy atom. The molecule has 0 spiro atoms. The highest BCUT2D eigenvalue weighted by Gasteiger charge is 2.38. The molecule has 1 aliphatic heterocycles. The van der Waals surface area contributed by atoms with Gasteiger partial charge in [-0.3, -0.25) is 0 Å². The normalized spacial score (nSPS) is 15.8. The number of aromatic nitrogens is 2. The first-order valence-corrected chi connectivity index (χ1v) is 8.70. The lowest BCUT2D eigenvalue weighted by atomic mass is 9.94. The summed E-state index contributed by atoms with van der Waals surface area (Å²) in [4.78, 5) is 15.7. The molecule has 10 heteroatoms. The van der Waals surface area contributed by atoms with Crippen molar-refractivity contribution >= 4 is 5.97 Å². The highest BCUT2D eigenvalue weighted by atomic mass is 19.4. The molecule has 2 aromatic rings. The van der Waals surface area contributed by atoms with Gasteiger partial charge in [-0.15, -0.1) is 0 Å². The van der Waals surface area contributed by atoms with Crippen molar-refractivity contribution in [2.45, 2.75) is 32.0 Å². The Bertz CT molecular complexity index is 771. The molecule has 1 saturated heterocycles. The lowest BCUT2D eigenvalue weighted by Crippen LogP contribution is -2.30. The fraction of sp³-hybridized carbons (Fsp3) is 0.500. The number of halogens is 3. The van der Waals surface area contributed by atoms with Gasteiger partial charge in [-0.2, -0.15) is 18.2 Å². The summed E-state index contributed by atoms with van der Waals surface area (Å²) < 4.78 is 37.1. The third-order valence-electron chi connectivity index (χ3n) is 4.38. The monoisotopic (exact) mass is 401 g/mol. The number of likely N-dealkylation sites (tertiary alicyclic amines) is 1. The maximum absolute atomic E-state index is 10.6. The van der Waals surface area contributed by atoms with Crippen molar-refractivity contribution in [3.8, 4) is 11.4 Å². The number of hydrogen-bond acceptors (Lipinski definition) is 6. The molecule has 0 radical (unpaired) electrons. The van der Waals surface area contributed by atoms with Gasteiger partial charge in [0.05, 0.1) is 6.61 Å². The zero-order valence-corrected chi connectivity index (χ0v) is 15.3. The second kappa shape index (κ2) is 9.65. The summed E-state index contributed by atoms with van der Waals surface area (Å²) in [6.45, 7) is 2.31. The molecule has 1 aliphatic rings. The van der Waals surface area contributed by atoms with E-state index in [0.717, 1.165) is 30.6 Å². The van der Waals surface area contributed by atoms with Gasteiger partial charge in [-0.1, -0.05) is 23.4 Å². The van der Waals surface area contributed by atoms with Crippen LogP contribution in [0.4, 0.5) is 13.2 Å². The van der Waals surface area contributed by atoms with Crippen molar-refractivity contribution < 1.29 is 32.7 Å². The predicted molar refractivity (Wildman–Crippen MR) is 93.3 cm³/mol. The summed E-state index contributed by atoms with van der Waals surface area (Å²) in [6, 6.07) is 7.60. The molecule has 1 fully saturated rings. The summed E-state index contributed by atoms with van der Waals surface area (Å²) in [5.41, 5.74) is 1.74. The summed E-state index contributed by atoms with van der Waals surface area (Å²) >= 11 is 0. The maximum Gasteiger partial charge on any atom is 0.490 e. The topological polar surface area (TPSA) is 99.7 Å². The van der Waals surface area contributed by atoms with Crippen LogP contribution >= 0.6 is 0 Å². The van der Waals surface area contributed by atoms with Gasteiger partial charge in [0.25, 0.3) is 0 Å². The predicted octanol–water partition coefficient (Wildman–Crippen LogP) is 2.75. The molecule has 0 unspecified atom stereocenters. The van der Waals surface area contributed by atoms with Crippen LogP contribution in [-0.2, 0) is 17.8 Å². The van der Waals surface area contributed by atoms with E-state index >= 15 is 0 Å². The van der Waals surface area contributed by atoms with Gasteiger partial charge in [-0.05, 0) is 50.5 Å². The molecule has 1 aromatic carbocycles. The van der Waals surface area contributed by atoms with Crippen molar-refractivity contribution in [1.82, 2.24) is 15.0 Å². The zero-order valence-electron chi connectivity index (χ0n) is 15.3. The number of hydrogen-bond donors (Lipinski definition) is 2. The maximum atomic E-state index is 10.6. The molecule has 0 aliphatic carbocycles. The lowest BCUT2D eigenvalue weighted by molar-refractivity contribution is -0.192. The van der Waals surface area contributed by atoms with Crippen LogP contribution in [0.15, 0.2) is 28.8 Å². The molecule has 0 saturated carbocycles. The van der Waals surface area contributed by atoms with Gasteiger partial charge in [0.15, 0.2) is 0 Å². The van der Waals surface area contributed by atoms with Gasteiger partial charge in [0.2, 0.25) is 11.7 Å². The summed E-state index contributed by atoms with van der Waals surface area (Å²) in [5.74, 6) is -0.798. The van der Waals surface area contributed by atoms with Gasteiger partial charge in [-0.25, -0.2) is 4.79 Å². The Labute approximate surface area is 159 Å². The van der Waals surface area contributed by atoms with E-state index < -0.39 is 12.1 Å². The SMILES string of the molecule is CN1CCC(Cc2nc(-c3cccc(CO)c3)no2)CC1.O=C(O)C(F)(F)F. The third-order valence-corrected chi connectivity index (χ3v) is 4.38. The van der Waals surface area contributed by atoms with Crippen LogP contribution in [0.2, 0.25) is 0 Å². The van der Waals surface area contributed by atoms with Crippen molar-refractivity contribution in [1.29, 1.82) is 0 Å². The molecule has 1 aromatic heterocycles. The Morgan fingerprint density at radius 2 is 1.96 bits per heavy atom. The molecule has 2 heterocycles. The third kappa shape index (κ3) is 6.61. The fourth-order valence-electron chi connectivity index (χ4n) is 2.78. The van der Waals surface area contributed by atoms with E-state index in [1.165, 1.54) is 12.8 Å². The van der Waals surface area contributed by atoms with E-state index in [1.54, 1.807) is 0 Å². The van der Waals surface area contributed by atoms with Crippen molar-refractivity contribution in [2.75, 3.05) is 20.1 Å². The number of nitrogens with zero attached hydrogens (tertiary/aromatic N) is 3. The fourth-order valence-corrected chi connectivity index (χ4v) is 2.78. The molecule has 2 N–H and O–H groups in total. The molecule has 3 rings (SSSR count). The molecule has 28 heavy (non-hydrogen) atoms. The van der Waals surface area contributed by atoms with E-state index in [4.69, 9.17) is 14.4 Å². The Morgan fingerprint density at radius 3 is 2.54 bits per heavy atom. The van der Waals surface area contributed by atoms with E-state index in [-0.39, 0.29) is 6.61 Å². The number of carboxylic acids is 1.